The van der Waals surface area contributed by atoms with E-state index >= 15 is 0 Å². The zero-order chi connectivity index (χ0) is 15.4. The molecule has 0 aromatic heterocycles. The first-order chi connectivity index (χ1) is 9.99. The van der Waals surface area contributed by atoms with Crippen molar-refractivity contribution in [1.29, 1.82) is 5.41 Å². The maximum Gasteiger partial charge on any atom is 0.0705 e. The van der Waals surface area contributed by atoms with Gasteiger partial charge in [-0.1, -0.05) is 30.3 Å². The Kier molecular flexibility index (Phi) is 4.63. The number of benzene rings is 2. The Labute approximate surface area is 127 Å². The van der Waals surface area contributed by atoms with Gasteiger partial charge in [0.1, 0.15) is 0 Å². The SMILES string of the molecule is CC(C)Nc1cc(N(C)C)ccc1C(=N)c1ccccc1. The molecular weight excluding hydrogens is 258 g/mol. The van der Waals surface area contributed by atoms with Crippen LogP contribution in [0.3, 0.4) is 0 Å². The molecule has 0 aliphatic heterocycles. The Bertz CT molecular complexity index is 616. The van der Waals surface area contributed by atoms with Gasteiger partial charge in [0.05, 0.1) is 5.71 Å². The largest absolute Gasteiger partial charge is 0.382 e. The van der Waals surface area contributed by atoms with E-state index in [-0.39, 0.29) is 0 Å². The highest BCUT2D eigenvalue weighted by atomic mass is 15.1. The molecule has 0 aliphatic rings. The van der Waals surface area contributed by atoms with Crippen LogP contribution >= 0.6 is 0 Å². The summed E-state index contributed by atoms with van der Waals surface area (Å²) in [4.78, 5) is 2.07. The quantitative estimate of drug-likeness (QED) is 0.813. The highest BCUT2D eigenvalue weighted by Gasteiger charge is 2.12. The summed E-state index contributed by atoms with van der Waals surface area (Å²) in [7, 11) is 4.05. The molecule has 21 heavy (non-hydrogen) atoms. The number of rotatable bonds is 5. The van der Waals surface area contributed by atoms with E-state index in [1.165, 1.54) is 0 Å². The molecule has 3 heteroatoms. The fourth-order valence-electron chi connectivity index (χ4n) is 2.22. The van der Waals surface area contributed by atoms with Crippen LogP contribution in [0.2, 0.25) is 0 Å². The molecule has 0 heterocycles. The Morgan fingerprint density at radius 1 is 1.05 bits per heavy atom. The van der Waals surface area contributed by atoms with Crippen molar-refractivity contribution in [3.8, 4) is 0 Å². The summed E-state index contributed by atoms with van der Waals surface area (Å²) in [5.41, 5.74) is 4.54. The molecule has 0 saturated heterocycles. The summed E-state index contributed by atoms with van der Waals surface area (Å²) in [5.74, 6) is 0. The topological polar surface area (TPSA) is 39.1 Å². The van der Waals surface area contributed by atoms with E-state index in [1.807, 2.05) is 50.5 Å². The number of nitrogens with zero attached hydrogens (tertiary/aromatic N) is 1. The predicted molar refractivity (Wildman–Crippen MR) is 91.9 cm³/mol. The Morgan fingerprint density at radius 3 is 2.29 bits per heavy atom. The minimum atomic E-state index is 0.324. The molecule has 110 valence electrons. The first kappa shape index (κ1) is 15.1. The molecule has 0 spiro atoms. The van der Waals surface area contributed by atoms with Crippen LogP contribution in [0.1, 0.15) is 25.0 Å². The molecule has 0 fully saturated rings. The number of anilines is 2. The van der Waals surface area contributed by atoms with Crippen molar-refractivity contribution in [1.82, 2.24) is 0 Å². The monoisotopic (exact) mass is 281 g/mol. The first-order valence-electron chi connectivity index (χ1n) is 7.21. The second-order valence-electron chi connectivity index (χ2n) is 5.66. The summed E-state index contributed by atoms with van der Waals surface area (Å²) in [6.07, 6.45) is 0. The average Bonchev–Trinajstić information content (AvgIpc) is 2.46. The number of hydrogen-bond acceptors (Lipinski definition) is 3. The van der Waals surface area contributed by atoms with Gasteiger partial charge in [0.2, 0.25) is 0 Å². The molecule has 0 bridgehead atoms. The van der Waals surface area contributed by atoms with Crippen molar-refractivity contribution in [3.05, 3.63) is 59.7 Å². The summed E-state index contributed by atoms with van der Waals surface area (Å²) in [5, 5.41) is 11.9. The summed E-state index contributed by atoms with van der Waals surface area (Å²) in [6, 6.07) is 16.4. The van der Waals surface area contributed by atoms with Gasteiger partial charge in [0.25, 0.3) is 0 Å². The minimum absolute atomic E-state index is 0.324. The van der Waals surface area contributed by atoms with Gasteiger partial charge in [-0.15, -0.1) is 0 Å². The van der Waals surface area contributed by atoms with Gasteiger partial charge in [-0.05, 0) is 32.0 Å². The fraction of sp³-hybridized carbons (Fsp3) is 0.278. The van der Waals surface area contributed by atoms with Crippen LogP contribution in [0.4, 0.5) is 11.4 Å². The van der Waals surface area contributed by atoms with E-state index < -0.39 is 0 Å². The van der Waals surface area contributed by atoms with Gasteiger partial charge in [-0.25, -0.2) is 0 Å². The number of nitrogens with one attached hydrogen (secondary N) is 2. The van der Waals surface area contributed by atoms with Gasteiger partial charge in [-0.3, -0.25) is 5.41 Å². The zero-order valence-corrected chi connectivity index (χ0v) is 13.1. The summed E-state index contributed by atoms with van der Waals surface area (Å²) in [6.45, 7) is 4.22. The van der Waals surface area contributed by atoms with Crippen molar-refractivity contribution in [2.45, 2.75) is 19.9 Å². The van der Waals surface area contributed by atoms with Crippen molar-refractivity contribution in [2.24, 2.45) is 0 Å². The lowest BCUT2D eigenvalue weighted by Gasteiger charge is -2.20. The third-order valence-electron chi connectivity index (χ3n) is 3.30. The minimum Gasteiger partial charge on any atom is -0.382 e. The van der Waals surface area contributed by atoms with Crippen LogP contribution in [-0.2, 0) is 0 Å². The molecule has 2 rings (SSSR count). The van der Waals surface area contributed by atoms with E-state index in [4.69, 9.17) is 5.41 Å². The van der Waals surface area contributed by atoms with Crippen molar-refractivity contribution < 1.29 is 0 Å². The predicted octanol–water partition coefficient (Wildman–Crippen LogP) is 3.99. The normalized spacial score (nSPS) is 10.5. The van der Waals surface area contributed by atoms with Crippen LogP contribution < -0.4 is 10.2 Å². The molecule has 3 nitrogen and oxygen atoms in total. The van der Waals surface area contributed by atoms with Crippen molar-refractivity contribution in [2.75, 3.05) is 24.3 Å². The van der Waals surface area contributed by atoms with Crippen LogP contribution in [0.15, 0.2) is 48.5 Å². The van der Waals surface area contributed by atoms with E-state index in [9.17, 15) is 0 Å². The van der Waals surface area contributed by atoms with Crippen molar-refractivity contribution in [3.63, 3.8) is 0 Å². The maximum absolute atomic E-state index is 8.48. The van der Waals surface area contributed by atoms with E-state index in [0.717, 1.165) is 22.5 Å². The molecule has 2 aromatic carbocycles. The molecule has 0 amide bonds. The molecular formula is C18H23N3. The maximum atomic E-state index is 8.48. The van der Waals surface area contributed by atoms with E-state index in [0.29, 0.717) is 11.8 Å². The molecule has 0 radical (unpaired) electrons. The molecule has 2 N–H and O–H groups in total. The third kappa shape index (κ3) is 3.63. The fourth-order valence-corrected chi connectivity index (χ4v) is 2.22. The van der Waals surface area contributed by atoms with Crippen LogP contribution in [0, 0.1) is 5.41 Å². The number of hydrogen-bond donors (Lipinski definition) is 2. The molecule has 0 saturated carbocycles. The molecule has 2 aromatic rings. The van der Waals surface area contributed by atoms with Crippen LogP contribution in [0.5, 0.6) is 0 Å². The molecule has 0 atom stereocenters. The van der Waals surface area contributed by atoms with Gasteiger partial charge >= 0.3 is 0 Å². The smallest absolute Gasteiger partial charge is 0.0705 e. The second-order valence-corrected chi connectivity index (χ2v) is 5.66. The van der Waals surface area contributed by atoms with Gasteiger partial charge in [0, 0.05) is 42.6 Å². The highest BCUT2D eigenvalue weighted by Crippen LogP contribution is 2.25. The van der Waals surface area contributed by atoms with Crippen LogP contribution in [0.25, 0.3) is 0 Å². The lowest BCUT2D eigenvalue weighted by Crippen LogP contribution is -2.16. The lowest BCUT2D eigenvalue weighted by atomic mass is 10.00. The third-order valence-corrected chi connectivity index (χ3v) is 3.30. The van der Waals surface area contributed by atoms with Gasteiger partial charge in [0.15, 0.2) is 0 Å². The average molecular weight is 281 g/mol. The zero-order valence-electron chi connectivity index (χ0n) is 13.1. The standard InChI is InChI=1S/C18H23N3/c1-13(2)20-17-12-15(21(3)4)10-11-16(17)18(19)14-8-6-5-7-9-14/h5-13,19-20H,1-4H3. The Balaban J connectivity index is 2.44. The summed E-state index contributed by atoms with van der Waals surface area (Å²) < 4.78 is 0. The molecule has 0 aliphatic carbocycles. The van der Waals surface area contributed by atoms with Crippen LogP contribution in [-0.4, -0.2) is 25.8 Å². The highest BCUT2D eigenvalue weighted by molar-refractivity contribution is 6.14. The van der Waals surface area contributed by atoms with E-state index in [2.05, 4.69) is 36.2 Å². The lowest BCUT2D eigenvalue weighted by molar-refractivity contribution is 0.899. The first-order valence-corrected chi connectivity index (χ1v) is 7.21. The van der Waals surface area contributed by atoms with Gasteiger partial charge in [-0.2, -0.15) is 0 Å². The van der Waals surface area contributed by atoms with Gasteiger partial charge < -0.3 is 10.2 Å². The second kappa shape index (κ2) is 6.44. The molecule has 0 unspecified atom stereocenters. The summed E-state index contributed by atoms with van der Waals surface area (Å²) >= 11 is 0. The van der Waals surface area contributed by atoms with E-state index in [1.54, 1.807) is 0 Å². The Hall–Kier alpha value is -2.29. The Morgan fingerprint density at radius 2 is 1.71 bits per heavy atom. The van der Waals surface area contributed by atoms with Crippen molar-refractivity contribution >= 4 is 17.1 Å².